The molecule has 1 heterocycles. The van der Waals surface area contributed by atoms with Gasteiger partial charge in [-0.05, 0) is 89.8 Å². The average Bonchev–Trinajstić information content (AvgIpc) is 3.09. The van der Waals surface area contributed by atoms with Crippen LogP contribution in [-0.2, 0) is 19.9 Å². The molecule has 0 amide bonds. The van der Waals surface area contributed by atoms with Gasteiger partial charge in [0.25, 0.3) is 5.56 Å². The zero-order chi connectivity index (χ0) is 18.4. The third-order valence-electron chi connectivity index (χ3n) is 5.47. The van der Waals surface area contributed by atoms with Gasteiger partial charge in [-0.2, -0.15) is 0 Å². The summed E-state index contributed by atoms with van der Waals surface area (Å²) < 4.78 is 15.7. The molecule has 0 atom stereocenters. The van der Waals surface area contributed by atoms with Crippen molar-refractivity contribution >= 4 is 0 Å². The van der Waals surface area contributed by atoms with Crippen molar-refractivity contribution in [3.8, 4) is 22.3 Å². The molecular weight excluding hydrogens is 325 g/mol. The summed E-state index contributed by atoms with van der Waals surface area (Å²) in [6.07, 6.45) is 4.59. The Morgan fingerprint density at radius 1 is 0.923 bits per heavy atom. The van der Waals surface area contributed by atoms with Crippen molar-refractivity contribution in [2.75, 3.05) is 0 Å². The number of pyridine rings is 1. The van der Waals surface area contributed by atoms with E-state index in [-0.39, 0.29) is 11.4 Å². The van der Waals surface area contributed by atoms with Gasteiger partial charge in [-0.3, -0.25) is 4.79 Å². The molecule has 3 aromatic rings. The van der Waals surface area contributed by atoms with Gasteiger partial charge in [-0.15, -0.1) is 0 Å². The van der Waals surface area contributed by atoms with E-state index in [4.69, 9.17) is 0 Å². The molecule has 0 spiro atoms. The molecule has 1 aliphatic rings. The van der Waals surface area contributed by atoms with Gasteiger partial charge in [0, 0.05) is 19.3 Å². The second kappa shape index (κ2) is 6.24. The Hall–Kier alpha value is -2.68. The second-order valence-corrected chi connectivity index (χ2v) is 7.26. The first-order valence-electron chi connectivity index (χ1n) is 9.04. The van der Waals surface area contributed by atoms with Crippen LogP contribution in [0.5, 0.6) is 0 Å². The fourth-order valence-electron chi connectivity index (χ4n) is 4.18. The lowest BCUT2D eigenvalue weighted by Crippen LogP contribution is -2.14. The molecule has 0 radical (unpaired) electrons. The number of hydrogen-bond donors (Lipinski definition) is 0. The van der Waals surface area contributed by atoms with Gasteiger partial charge < -0.3 is 4.57 Å². The highest BCUT2D eigenvalue weighted by Gasteiger charge is 2.21. The third kappa shape index (κ3) is 2.68. The minimum atomic E-state index is -0.0756. The molecule has 132 valence electrons. The maximum absolute atomic E-state index is 14.1. The smallest absolute Gasteiger partial charge is 0.250 e. The largest absolute Gasteiger partial charge is 0.319 e. The van der Waals surface area contributed by atoms with Crippen LogP contribution in [0.4, 0.5) is 4.39 Å². The monoisotopic (exact) mass is 347 g/mol. The maximum atomic E-state index is 14.1. The van der Waals surface area contributed by atoms with Crippen LogP contribution < -0.4 is 5.56 Å². The third-order valence-corrected chi connectivity index (χ3v) is 5.47. The van der Waals surface area contributed by atoms with Crippen LogP contribution in [0, 0.1) is 19.7 Å². The SMILES string of the molecule is Cc1cc(-c2ccn(C)c(=O)c2)cc(C)c1-c1ccc(F)c2c1CCC2. The Morgan fingerprint density at radius 3 is 2.31 bits per heavy atom. The fraction of sp³-hybridized carbons (Fsp3) is 0.261. The highest BCUT2D eigenvalue weighted by atomic mass is 19.1. The van der Waals surface area contributed by atoms with Gasteiger partial charge in [0.2, 0.25) is 0 Å². The summed E-state index contributed by atoms with van der Waals surface area (Å²) in [7, 11) is 1.75. The molecule has 0 N–H and O–H groups in total. The second-order valence-electron chi connectivity index (χ2n) is 7.26. The highest BCUT2D eigenvalue weighted by Crippen LogP contribution is 2.38. The normalized spacial score (nSPS) is 13.1. The van der Waals surface area contributed by atoms with Gasteiger partial charge in [-0.1, -0.05) is 18.2 Å². The molecule has 0 saturated heterocycles. The van der Waals surface area contributed by atoms with Crippen LogP contribution in [0.15, 0.2) is 47.4 Å². The molecular formula is C23H22FNO. The first-order valence-corrected chi connectivity index (χ1v) is 9.04. The van der Waals surface area contributed by atoms with Crippen LogP contribution in [0.2, 0.25) is 0 Å². The van der Waals surface area contributed by atoms with Gasteiger partial charge in [0.15, 0.2) is 0 Å². The molecule has 0 unspecified atom stereocenters. The highest BCUT2D eigenvalue weighted by molar-refractivity contribution is 5.79. The summed E-state index contributed by atoms with van der Waals surface area (Å²) in [5.74, 6) is -0.0756. The van der Waals surface area contributed by atoms with E-state index in [1.807, 2.05) is 12.1 Å². The van der Waals surface area contributed by atoms with Crippen LogP contribution in [0.25, 0.3) is 22.3 Å². The number of aromatic nitrogens is 1. The van der Waals surface area contributed by atoms with E-state index in [9.17, 15) is 9.18 Å². The van der Waals surface area contributed by atoms with Crippen LogP contribution in [0.3, 0.4) is 0 Å². The number of rotatable bonds is 2. The van der Waals surface area contributed by atoms with Crippen LogP contribution in [-0.4, -0.2) is 4.57 Å². The number of aryl methyl sites for hydroxylation is 3. The topological polar surface area (TPSA) is 22.0 Å². The molecule has 0 aliphatic heterocycles. The first kappa shape index (κ1) is 16.8. The van der Waals surface area contributed by atoms with Crippen LogP contribution >= 0.6 is 0 Å². The quantitative estimate of drug-likeness (QED) is 0.642. The van der Waals surface area contributed by atoms with Crippen molar-refractivity contribution in [3.63, 3.8) is 0 Å². The van der Waals surface area contributed by atoms with Crippen molar-refractivity contribution < 1.29 is 4.39 Å². The van der Waals surface area contributed by atoms with Crippen molar-refractivity contribution in [1.29, 1.82) is 0 Å². The summed E-state index contributed by atoms with van der Waals surface area (Å²) >= 11 is 0. The standard InChI is InChI=1S/C23H22FNO/c1-14-11-17(16-9-10-25(3)22(26)13-16)12-15(2)23(14)20-7-8-21(24)19-6-4-5-18(19)20/h7-13H,4-6H2,1-3H3. The minimum Gasteiger partial charge on any atom is -0.319 e. The minimum absolute atomic E-state index is 0.0155. The Morgan fingerprint density at radius 2 is 1.62 bits per heavy atom. The Labute approximate surface area is 152 Å². The number of benzene rings is 2. The number of nitrogens with zero attached hydrogens (tertiary/aromatic N) is 1. The van der Waals surface area contributed by atoms with E-state index in [0.717, 1.165) is 58.2 Å². The maximum Gasteiger partial charge on any atom is 0.250 e. The Balaban J connectivity index is 1.87. The lowest BCUT2D eigenvalue weighted by Gasteiger charge is -2.17. The van der Waals surface area contributed by atoms with Crippen molar-refractivity contribution in [2.24, 2.45) is 7.05 Å². The van der Waals surface area contributed by atoms with E-state index in [0.29, 0.717) is 0 Å². The zero-order valence-electron chi connectivity index (χ0n) is 15.4. The Bertz CT molecular complexity index is 1060. The summed E-state index contributed by atoms with van der Waals surface area (Å²) in [6.45, 7) is 4.19. The van der Waals surface area contributed by atoms with Gasteiger partial charge in [0.1, 0.15) is 5.82 Å². The number of halogens is 1. The lowest BCUT2D eigenvalue weighted by molar-refractivity contribution is 0.613. The van der Waals surface area contributed by atoms with Gasteiger partial charge in [-0.25, -0.2) is 4.39 Å². The van der Waals surface area contributed by atoms with E-state index in [2.05, 4.69) is 26.0 Å². The molecule has 1 aromatic heterocycles. The molecule has 4 rings (SSSR count). The molecule has 0 bridgehead atoms. The average molecular weight is 347 g/mol. The van der Waals surface area contributed by atoms with E-state index in [1.165, 1.54) is 5.56 Å². The molecule has 3 heteroatoms. The van der Waals surface area contributed by atoms with Gasteiger partial charge >= 0.3 is 0 Å². The fourth-order valence-corrected chi connectivity index (χ4v) is 4.18. The van der Waals surface area contributed by atoms with Crippen molar-refractivity contribution in [1.82, 2.24) is 4.57 Å². The predicted molar refractivity (Wildman–Crippen MR) is 104 cm³/mol. The van der Waals surface area contributed by atoms with E-state index < -0.39 is 0 Å². The summed E-state index contributed by atoms with van der Waals surface area (Å²) in [5.41, 5.74) is 8.66. The first-order chi connectivity index (χ1) is 12.5. The van der Waals surface area contributed by atoms with E-state index >= 15 is 0 Å². The van der Waals surface area contributed by atoms with Crippen LogP contribution in [0.1, 0.15) is 28.7 Å². The summed E-state index contributed by atoms with van der Waals surface area (Å²) in [5, 5.41) is 0. The number of fused-ring (bicyclic) bond motifs is 1. The molecule has 26 heavy (non-hydrogen) atoms. The van der Waals surface area contributed by atoms with Gasteiger partial charge in [0.05, 0.1) is 0 Å². The molecule has 2 aromatic carbocycles. The molecule has 2 nitrogen and oxygen atoms in total. The van der Waals surface area contributed by atoms with E-state index in [1.54, 1.807) is 29.9 Å². The summed E-state index contributed by atoms with van der Waals surface area (Å²) in [6, 6.07) is 11.4. The molecule has 0 saturated carbocycles. The summed E-state index contributed by atoms with van der Waals surface area (Å²) in [4.78, 5) is 12.0. The Kier molecular flexibility index (Phi) is 4.03. The van der Waals surface area contributed by atoms with Crippen molar-refractivity contribution in [3.05, 3.63) is 81.0 Å². The molecule has 1 aliphatic carbocycles. The number of hydrogen-bond acceptors (Lipinski definition) is 1. The zero-order valence-corrected chi connectivity index (χ0v) is 15.4. The van der Waals surface area contributed by atoms with Crippen molar-refractivity contribution in [2.45, 2.75) is 33.1 Å². The lowest BCUT2D eigenvalue weighted by atomic mass is 9.88. The molecule has 0 fully saturated rings. The predicted octanol–water partition coefficient (Wildman–Crippen LogP) is 4.96.